The van der Waals surface area contributed by atoms with Gasteiger partial charge in [0.05, 0.1) is 12.6 Å². The molecular formula is C18H15NO2. The molecule has 1 aromatic heterocycles. The Morgan fingerprint density at radius 2 is 1.86 bits per heavy atom. The van der Waals surface area contributed by atoms with Gasteiger partial charge in [0.2, 0.25) is 5.78 Å². The molecule has 3 aromatic rings. The molecule has 2 aromatic carbocycles. The zero-order valence-electron chi connectivity index (χ0n) is 12.0. The fraction of sp³-hybridized carbons (Fsp3) is 0.111. The summed E-state index contributed by atoms with van der Waals surface area (Å²) in [7, 11) is 1.61. The standard InChI is InChI=1S/C18H15NO2/c1-12-11-14(21-2)8-9-15(12)18(20)17-10-7-13-5-3-4-6-16(13)19-17/h3-11H,1-2H3. The van der Waals surface area contributed by atoms with Crippen molar-refractivity contribution >= 4 is 16.7 Å². The summed E-state index contributed by atoms with van der Waals surface area (Å²) in [6.07, 6.45) is 0. The predicted molar refractivity (Wildman–Crippen MR) is 82.9 cm³/mol. The SMILES string of the molecule is COc1ccc(C(=O)c2ccc3ccccc3n2)c(C)c1. The maximum absolute atomic E-state index is 12.6. The average molecular weight is 277 g/mol. The molecule has 0 unspecified atom stereocenters. The van der Waals surface area contributed by atoms with Gasteiger partial charge >= 0.3 is 0 Å². The number of rotatable bonds is 3. The van der Waals surface area contributed by atoms with Gasteiger partial charge in [-0.05, 0) is 42.8 Å². The van der Waals surface area contributed by atoms with E-state index in [1.165, 1.54) is 0 Å². The van der Waals surface area contributed by atoms with E-state index < -0.39 is 0 Å². The lowest BCUT2D eigenvalue weighted by atomic mass is 10.0. The zero-order chi connectivity index (χ0) is 14.8. The monoisotopic (exact) mass is 277 g/mol. The van der Waals surface area contributed by atoms with E-state index >= 15 is 0 Å². The smallest absolute Gasteiger partial charge is 0.211 e. The van der Waals surface area contributed by atoms with E-state index in [2.05, 4.69) is 4.98 Å². The van der Waals surface area contributed by atoms with Crippen LogP contribution in [0.15, 0.2) is 54.6 Å². The highest BCUT2D eigenvalue weighted by atomic mass is 16.5. The summed E-state index contributed by atoms with van der Waals surface area (Å²) < 4.78 is 5.17. The second kappa shape index (κ2) is 5.37. The van der Waals surface area contributed by atoms with Crippen LogP contribution in [0.3, 0.4) is 0 Å². The van der Waals surface area contributed by atoms with Crippen molar-refractivity contribution < 1.29 is 9.53 Å². The lowest BCUT2D eigenvalue weighted by molar-refractivity contribution is 0.103. The van der Waals surface area contributed by atoms with Crippen molar-refractivity contribution in [1.29, 1.82) is 0 Å². The molecule has 104 valence electrons. The number of hydrogen-bond donors (Lipinski definition) is 0. The van der Waals surface area contributed by atoms with Crippen molar-refractivity contribution in [3.63, 3.8) is 0 Å². The molecule has 0 atom stereocenters. The fourth-order valence-corrected chi connectivity index (χ4v) is 2.35. The first kappa shape index (κ1) is 13.3. The van der Waals surface area contributed by atoms with Crippen molar-refractivity contribution in [1.82, 2.24) is 4.98 Å². The van der Waals surface area contributed by atoms with Crippen LogP contribution < -0.4 is 4.74 Å². The highest BCUT2D eigenvalue weighted by molar-refractivity contribution is 6.09. The van der Waals surface area contributed by atoms with Crippen molar-refractivity contribution in [2.75, 3.05) is 7.11 Å². The molecule has 3 nitrogen and oxygen atoms in total. The number of benzene rings is 2. The molecular weight excluding hydrogens is 262 g/mol. The third-order valence-corrected chi connectivity index (χ3v) is 3.51. The molecule has 0 bridgehead atoms. The second-order valence-electron chi connectivity index (χ2n) is 4.90. The molecule has 3 rings (SSSR count). The third kappa shape index (κ3) is 2.50. The first-order valence-corrected chi connectivity index (χ1v) is 6.74. The van der Waals surface area contributed by atoms with Crippen LogP contribution in [0.2, 0.25) is 0 Å². The lowest BCUT2D eigenvalue weighted by Crippen LogP contribution is -2.06. The van der Waals surface area contributed by atoms with Gasteiger partial charge < -0.3 is 4.74 Å². The molecule has 0 spiro atoms. The molecule has 0 saturated carbocycles. The van der Waals surface area contributed by atoms with E-state index in [0.717, 1.165) is 22.2 Å². The molecule has 21 heavy (non-hydrogen) atoms. The summed E-state index contributed by atoms with van der Waals surface area (Å²) in [5, 5.41) is 1.03. The minimum Gasteiger partial charge on any atom is -0.497 e. The van der Waals surface area contributed by atoms with Crippen LogP contribution in [0, 0.1) is 6.92 Å². The highest BCUT2D eigenvalue weighted by Gasteiger charge is 2.14. The number of carbonyl (C=O) groups is 1. The minimum absolute atomic E-state index is 0.0686. The number of nitrogens with zero attached hydrogens (tertiary/aromatic N) is 1. The van der Waals surface area contributed by atoms with E-state index in [4.69, 9.17) is 4.74 Å². The summed E-state index contributed by atoms with van der Waals surface area (Å²) >= 11 is 0. The Morgan fingerprint density at radius 1 is 1.05 bits per heavy atom. The quantitative estimate of drug-likeness (QED) is 0.684. The summed E-state index contributed by atoms with van der Waals surface area (Å²) in [6.45, 7) is 1.90. The van der Waals surface area contributed by atoms with E-state index in [1.54, 1.807) is 25.3 Å². The summed E-state index contributed by atoms with van der Waals surface area (Å²) in [5.41, 5.74) is 2.82. The molecule has 3 heteroatoms. The first-order chi connectivity index (χ1) is 10.2. The van der Waals surface area contributed by atoms with E-state index in [-0.39, 0.29) is 5.78 Å². The molecule has 0 fully saturated rings. The predicted octanol–water partition coefficient (Wildman–Crippen LogP) is 3.78. The van der Waals surface area contributed by atoms with Gasteiger partial charge in [0, 0.05) is 10.9 Å². The topological polar surface area (TPSA) is 39.2 Å². The summed E-state index contributed by atoms with van der Waals surface area (Å²) in [6, 6.07) is 16.9. The normalized spacial score (nSPS) is 10.6. The summed E-state index contributed by atoms with van der Waals surface area (Å²) in [5.74, 6) is 0.677. The van der Waals surface area contributed by atoms with Crippen molar-refractivity contribution in [3.05, 3.63) is 71.4 Å². The van der Waals surface area contributed by atoms with Crippen LogP contribution in [0.25, 0.3) is 10.9 Å². The van der Waals surface area contributed by atoms with Gasteiger partial charge in [-0.1, -0.05) is 24.3 Å². The van der Waals surface area contributed by atoms with E-state index in [9.17, 15) is 4.79 Å². The van der Waals surface area contributed by atoms with Gasteiger partial charge in [-0.25, -0.2) is 4.98 Å². The number of aryl methyl sites for hydroxylation is 1. The summed E-state index contributed by atoms with van der Waals surface area (Å²) in [4.78, 5) is 17.1. The Bertz CT molecular complexity index is 824. The number of para-hydroxylation sites is 1. The van der Waals surface area contributed by atoms with Gasteiger partial charge in [-0.3, -0.25) is 4.79 Å². The van der Waals surface area contributed by atoms with Crippen LogP contribution >= 0.6 is 0 Å². The van der Waals surface area contributed by atoms with Crippen molar-refractivity contribution in [3.8, 4) is 5.75 Å². The van der Waals surface area contributed by atoms with E-state index in [1.807, 2.05) is 43.3 Å². The number of fused-ring (bicyclic) bond motifs is 1. The van der Waals surface area contributed by atoms with Crippen LogP contribution in [-0.4, -0.2) is 17.9 Å². The zero-order valence-corrected chi connectivity index (χ0v) is 12.0. The third-order valence-electron chi connectivity index (χ3n) is 3.51. The number of ketones is 1. The highest BCUT2D eigenvalue weighted by Crippen LogP contribution is 2.20. The van der Waals surface area contributed by atoms with Gasteiger partial charge in [0.25, 0.3) is 0 Å². The maximum Gasteiger partial charge on any atom is 0.211 e. The molecule has 0 aliphatic rings. The van der Waals surface area contributed by atoms with Gasteiger partial charge in [-0.2, -0.15) is 0 Å². The van der Waals surface area contributed by atoms with Gasteiger partial charge in [0.15, 0.2) is 0 Å². The first-order valence-electron chi connectivity index (χ1n) is 6.74. The minimum atomic E-state index is -0.0686. The maximum atomic E-state index is 12.6. The molecule has 1 heterocycles. The molecule has 0 amide bonds. The Morgan fingerprint density at radius 3 is 2.62 bits per heavy atom. The number of carbonyl (C=O) groups excluding carboxylic acids is 1. The van der Waals surface area contributed by atoms with Crippen molar-refractivity contribution in [2.45, 2.75) is 6.92 Å². The number of pyridine rings is 1. The van der Waals surface area contributed by atoms with Crippen molar-refractivity contribution in [2.24, 2.45) is 0 Å². The van der Waals surface area contributed by atoms with Crippen LogP contribution in [0.5, 0.6) is 5.75 Å². The Kier molecular flexibility index (Phi) is 3.40. The molecule has 0 radical (unpaired) electrons. The second-order valence-corrected chi connectivity index (χ2v) is 4.90. The van der Waals surface area contributed by atoms with Gasteiger partial charge in [-0.15, -0.1) is 0 Å². The molecule has 0 aliphatic heterocycles. The van der Waals surface area contributed by atoms with Gasteiger partial charge in [0.1, 0.15) is 11.4 Å². The molecule has 0 N–H and O–H groups in total. The van der Waals surface area contributed by atoms with E-state index in [0.29, 0.717) is 11.3 Å². The largest absolute Gasteiger partial charge is 0.497 e. The van der Waals surface area contributed by atoms with Crippen LogP contribution in [-0.2, 0) is 0 Å². The molecule has 0 aliphatic carbocycles. The molecule has 0 saturated heterocycles. The number of aromatic nitrogens is 1. The van der Waals surface area contributed by atoms with Crippen LogP contribution in [0.4, 0.5) is 0 Å². The Balaban J connectivity index is 2.03. The Labute approximate surface area is 123 Å². The Hall–Kier alpha value is -2.68. The fourth-order valence-electron chi connectivity index (χ4n) is 2.35. The number of ether oxygens (including phenoxy) is 1. The van der Waals surface area contributed by atoms with Crippen LogP contribution in [0.1, 0.15) is 21.6 Å². The number of methoxy groups -OCH3 is 1. The number of hydrogen-bond acceptors (Lipinski definition) is 3. The average Bonchev–Trinajstić information content (AvgIpc) is 2.53. The lowest BCUT2D eigenvalue weighted by Gasteiger charge is -2.07.